The highest BCUT2D eigenvalue weighted by atomic mass is 16.2. The van der Waals surface area contributed by atoms with E-state index in [9.17, 15) is 4.79 Å². The minimum atomic E-state index is 0.385. The molecule has 0 spiro atoms. The number of carbonyl (C=O) groups is 1. The zero-order chi connectivity index (χ0) is 15.6. The Morgan fingerprint density at radius 1 is 0.783 bits per heavy atom. The topological polar surface area (TPSA) is 26.8 Å². The summed E-state index contributed by atoms with van der Waals surface area (Å²) in [6, 6.07) is 0.852. The average molecular weight is 319 g/mol. The number of amides is 1. The summed E-state index contributed by atoms with van der Waals surface area (Å²) in [5.74, 6) is 1.70. The summed E-state index contributed by atoms with van der Waals surface area (Å²) >= 11 is 0. The van der Waals surface area contributed by atoms with Crippen molar-refractivity contribution in [2.45, 2.75) is 57.4 Å². The molecule has 0 unspecified atom stereocenters. The van der Waals surface area contributed by atoms with Gasteiger partial charge in [-0.25, -0.2) is 0 Å². The quantitative estimate of drug-likeness (QED) is 0.798. The van der Waals surface area contributed by atoms with Crippen LogP contribution in [0.1, 0.15) is 51.4 Å². The van der Waals surface area contributed by atoms with E-state index in [4.69, 9.17) is 0 Å². The first kappa shape index (κ1) is 15.9. The predicted molar refractivity (Wildman–Crippen MR) is 92.3 cm³/mol. The summed E-state index contributed by atoms with van der Waals surface area (Å²) < 4.78 is 0. The largest absolute Gasteiger partial charge is 0.341 e. The molecule has 3 heterocycles. The average Bonchev–Trinajstić information content (AvgIpc) is 3.42. The maximum Gasteiger partial charge on any atom is 0.225 e. The van der Waals surface area contributed by atoms with Crippen molar-refractivity contribution in [3.05, 3.63) is 0 Å². The van der Waals surface area contributed by atoms with Gasteiger partial charge in [0, 0.05) is 38.1 Å². The van der Waals surface area contributed by atoms with E-state index >= 15 is 0 Å². The summed E-state index contributed by atoms with van der Waals surface area (Å²) in [5, 5.41) is 0. The lowest BCUT2D eigenvalue weighted by Crippen LogP contribution is -2.51. The third kappa shape index (κ3) is 3.74. The van der Waals surface area contributed by atoms with Crippen LogP contribution in [-0.2, 0) is 4.79 Å². The van der Waals surface area contributed by atoms with Crippen LogP contribution in [0.3, 0.4) is 0 Å². The zero-order valence-corrected chi connectivity index (χ0v) is 14.6. The molecule has 23 heavy (non-hydrogen) atoms. The third-order valence-electron chi connectivity index (χ3n) is 6.55. The van der Waals surface area contributed by atoms with Crippen molar-refractivity contribution in [2.75, 3.05) is 45.8 Å². The maximum absolute atomic E-state index is 12.3. The van der Waals surface area contributed by atoms with Gasteiger partial charge in [-0.3, -0.25) is 4.79 Å². The monoisotopic (exact) mass is 319 g/mol. The first-order chi connectivity index (χ1) is 11.3. The number of fused-ring (bicyclic) bond motifs is 1. The first-order valence-electron chi connectivity index (χ1n) is 10.1. The minimum Gasteiger partial charge on any atom is -0.341 e. The summed E-state index contributed by atoms with van der Waals surface area (Å²) in [5.41, 5.74) is 0. The SMILES string of the molecule is O=C(C1CC1)N1CCCN(C[C@@H]2CCCN3CCCC[C@H]23)CC1. The van der Waals surface area contributed by atoms with Gasteiger partial charge in [-0.05, 0) is 70.5 Å². The Balaban J connectivity index is 1.30. The fraction of sp³-hybridized carbons (Fsp3) is 0.947. The van der Waals surface area contributed by atoms with Gasteiger partial charge in [-0.15, -0.1) is 0 Å². The second-order valence-electron chi connectivity index (χ2n) is 8.26. The molecule has 4 aliphatic rings. The molecule has 0 bridgehead atoms. The second-order valence-corrected chi connectivity index (χ2v) is 8.26. The molecule has 4 nitrogen and oxygen atoms in total. The van der Waals surface area contributed by atoms with E-state index in [2.05, 4.69) is 14.7 Å². The number of rotatable bonds is 3. The molecule has 0 N–H and O–H groups in total. The Morgan fingerprint density at radius 2 is 1.65 bits per heavy atom. The van der Waals surface area contributed by atoms with Crippen molar-refractivity contribution >= 4 is 5.91 Å². The first-order valence-corrected chi connectivity index (χ1v) is 10.1. The van der Waals surface area contributed by atoms with E-state index in [0.29, 0.717) is 11.8 Å². The van der Waals surface area contributed by atoms with Crippen LogP contribution in [0.2, 0.25) is 0 Å². The van der Waals surface area contributed by atoms with Gasteiger partial charge in [0.25, 0.3) is 0 Å². The van der Waals surface area contributed by atoms with Gasteiger partial charge in [0.15, 0.2) is 0 Å². The lowest BCUT2D eigenvalue weighted by Gasteiger charge is -2.45. The molecule has 1 amide bonds. The predicted octanol–water partition coefficient (Wildman–Crippen LogP) is 2.20. The van der Waals surface area contributed by atoms with E-state index in [1.807, 2.05) is 0 Å². The zero-order valence-electron chi connectivity index (χ0n) is 14.6. The Hall–Kier alpha value is -0.610. The van der Waals surface area contributed by atoms with Crippen molar-refractivity contribution in [1.29, 1.82) is 0 Å². The number of carbonyl (C=O) groups excluding carboxylic acids is 1. The van der Waals surface area contributed by atoms with E-state index in [-0.39, 0.29) is 0 Å². The molecule has 3 aliphatic heterocycles. The number of nitrogens with zero attached hydrogens (tertiary/aromatic N) is 3. The lowest BCUT2D eigenvalue weighted by atomic mass is 9.83. The highest BCUT2D eigenvalue weighted by Gasteiger charge is 2.36. The fourth-order valence-electron chi connectivity index (χ4n) is 5.08. The van der Waals surface area contributed by atoms with Crippen LogP contribution in [0.4, 0.5) is 0 Å². The van der Waals surface area contributed by atoms with Crippen molar-refractivity contribution in [3.8, 4) is 0 Å². The van der Waals surface area contributed by atoms with Crippen LogP contribution in [0, 0.1) is 11.8 Å². The Kier molecular flexibility index (Phi) is 4.91. The molecule has 0 aromatic carbocycles. The van der Waals surface area contributed by atoms with Crippen LogP contribution >= 0.6 is 0 Å². The van der Waals surface area contributed by atoms with Crippen molar-refractivity contribution in [2.24, 2.45) is 11.8 Å². The second kappa shape index (κ2) is 7.10. The van der Waals surface area contributed by atoms with Crippen LogP contribution in [0.5, 0.6) is 0 Å². The molecule has 2 atom stereocenters. The molecule has 0 aromatic rings. The lowest BCUT2D eigenvalue weighted by molar-refractivity contribution is -0.132. The van der Waals surface area contributed by atoms with Gasteiger partial charge in [-0.1, -0.05) is 6.42 Å². The van der Waals surface area contributed by atoms with Crippen LogP contribution in [0.15, 0.2) is 0 Å². The van der Waals surface area contributed by atoms with E-state index in [0.717, 1.165) is 44.4 Å². The molecular formula is C19H33N3O. The number of hydrogen-bond acceptors (Lipinski definition) is 3. The fourth-order valence-corrected chi connectivity index (χ4v) is 5.08. The normalized spacial score (nSPS) is 34.0. The van der Waals surface area contributed by atoms with Crippen LogP contribution < -0.4 is 0 Å². The molecule has 1 aliphatic carbocycles. The molecule has 4 rings (SSSR count). The summed E-state index contributed by atoms with van der Waals surface area (Å²) in [6.07, 6.45) is 10.5. The molecule has 4 heteroatoms. The summed E-state index contributed by atoms with van der Waals surface area (Å²) in [4.78, 5) is 19.9. The molecule has 3 saturated heterocycles. The van der Waals surface area contributed by atoms with E-state index in [1.165, 1.54) is 64.7 Å². The molecular weight excluding hydrogens is 286 g/mol. The maximum atomic E-state index is 12.3. The minimum absolute atomic E-state index is 0.385. The molecule has 130 valence electrons. The molecule has 4 fully saturated rings. The van der Waals surface area contributed by atoms with Gasteiger partial charge >= 0.3 is 0 Å². The van der Waals surface area contributed by atoms with Gasteiger partial charge in [0.2, 0.25) is 5.91 Å². The van der Waals surface area contributed by atoms with Gasteiger partial charge in [0.1, 0.15) is 0 Å². The Bertz CT molecular complexity index is 421. The van der Waals surface area contributed by atoms with Crippen molar-refractivity contribution < 1.29 is 4.79 Å². The highest BCUT2D eigenvalue weighted by molar-refractivity contribution is 5.81. The number of hydrogen-bond donors (Lipinski definition) is 0. The molecule has 0 aromatic heterocycles. The van der Waals surface area contributed by atoms with E-state index in [1.54, 1.807) is 0 Å². The van der Waals surface area contributed by atoms with Crippen LogP contribution in [-0.4, -0.2) is 72.5 Å². The van der Waals surface area contributed by atoms with E-state index < -0.39 is 0 Å². The van der Waals surface area contributed by atoms with Crippen molar-refractivity contribution in [1.82, 2.24) is 14.7 Å². The molecule has 0 radical (unpaired) electrons. The highest BCUT2D eigenvalue weighted by Crippen LogP contribution is 2.33. The van der Waals surface area contributed by atoms with Crippen LogP contribution in [0.25, 0.3) is 0 Å². The summed E-state index contributed by atoms with van der Waals surface area (Å²) in [6.45, 7) is 8.20. The standard InChI is InChI=1S/C19H33N3O/c23-19(16-7-8-16)22-12-4-9-20(13-14-22)15-17-5-3-11-21-10-2-1-6-18(17)21/h16-18H,1-15H2/t17-,18+/m0/s1. The smallest absolute Gasteiger partial charge is 0.225 e. The Labute approximate surface area is 141 Å². The van der Waals surface area contributed by atoms with Crippen molar-refractivity contribution in [3.63, 3.8) is 0 Å². The molecule has 1 saturated carbocycles. The van der Waals surface area contributed by atoms with Gasteiger partial charge in [0.05, 0.1) is 0 Å². The third-order valence-corrected chi connectivity index (χ3v) is 6.55. The Morgan fingerprint density at radius 3 is 2.52 bits per heavy atom. The number of piperidine rings is 2. The van der Waals surface area contributed by atoms with Gasteiger partial charge < -0.3 is 14.7 Å². The van der Waals surface area contributed by atoms with Gasteiger partial charge in [-0.2, -0.15) is 0 Å². The summed E-state index contributed by atoms with van der Waals surface area (Å²) in [7, 11) is 0.